The van der Waals surface area contributed by atoms with Gasteiger partial charge in [-0.2, -0.15) is 15.0 Å². The molecule has 7 heteroatoms. The van der Waals surface area contributed by atoms with E-state index in [0.717, 1.165) is 0 Å². The Bertz CT molecular complexity index is 506. The molecule has 0 unspecified atom stereocenters. The summed E-state index contributed by atoms with van der Waals surface area (Å²) in [5.74, 6) is 0.517. The topological polar surface area (TPSA) is 76.7 Å². The second-order valence-electron chi connectivity index (χ2n) is 4.50. The quantitative estimate of drug-likeness (QED) is 0.902. The normalized spacial score (nSPS) is 11.5. The first-order valence-corrected chi connectivity index (χ1v) is 6.68. The van der Waals surface area contributed by atoms with Gasteiger partial charge in [-0.05, 0) is 23.0 Å². The van der Waals surface area contributed by atoms with Crippen LogP contribution in [0.5, 0.6) is 0 Å². The molecule has 5 nitrogen and oxygen atoms in total. The van der Waals surface area contributed by atoms with Crippen molar-refractivity contribution in [2.75, 3.05) is 17.6 Å². The number of anilines is 2. The molecule has 0 aliphatic rings. The Morgan fingerprint density at radius 1 is 1.39 bits per heavy atom. The number of halogens is 1. The summed E-state index contributed by atoms with van der Waals surface area (Å²) in [6.07, 6.45) is 0. The summed E-state index contributed by atoms with van der Waals surface area (Å²) in [5, 5.41) is 5.30. The number of aromatic nitrogens is 3. The summed E-state index contributed by atoms with van der Waals surface area (Å²) in [5.41, 5.74) is 5.50. The second kappa shape index (κ2) is 5.07. The number of thiophene rings is 1. The number of nitrogens with two attached hydrogens (primary N) is 1. The molecule has 0 spiro atoms. The Kier molecular flexibility index (Phi) is 3.68. The minimum absolute atomic E-state index is 0.0119. The monoisotopic (exact) mass is 283 g/mol. The first-order valence-electron chi connectivity index (χ1n) is 5.42. The van der Waals surface area contributed by atoms with Crippen LogP contribution < -0.4 is 11.1 Å². The third kappa shape index (κ3) is 3.08. The van der Waals surface area contributed by atoms with E-state index in [0.29, 0.717) is 12.5 Å². The molecule has 0 amide bonds. The molecule has 2 rings (SSSR count). The van der Waals surface area contributed by atoms with E-state index in [4.69, 9.17) is 17.3 Å². The van der Waals surface area contributed by atoms with Crippen molar-refractivity contribution >= 4 is 34.8 Å². The Morgan fingerprint density at radius 2 is 2.17 bits per heavy atom. The van der Waals surface area contributed by atoms with Crippen molar-refractivity contribution < 1.29 is 0 Å². The lowest BCUT2D eigenvalue weighted by molar-refractivity contribution is 0.567. The summed E-state index contributed by atoms with van der Waals surface area (Å²) < 4.78 is 0. The number of nitrogens with zero attached hydrogens (tertiary/aromatic N) is 3. The minimum Gasteiger partial charge on any atom is -0.368 e. The van der Waals surface area contributed by atoms with E-state index in [9.17, 15) is 0 Å². The van der Waals surface area contributed by atoms with E-state index in [1.807, 2.05) is 6.07 Å². The number of rotatable bonds is 4. The maximum absolute atomic E-state index is 5.72. The Morgan fingerprint density at radius 3 is 2.78 bits per heavy atom. The molecular formula is C11H14ClN5S. The minimum atomic E-state index is -0.0119. The lowest BCUT2D eigenvalue weighted by Crippen LogP contribution is -2.27. The van der Waals surface area contributed by atoms with Crippen LogP contribution in [-0.2, 0) is 5.41 Å². The average molecular weight is 284 g/mol. The van der Waals surface area contributed by atoms with Gasteiger partial charge in [0.2, 0.25) is 17.2 Å². The van der Waals surface area contributed by atoms with Gasteiger partial charge in [0.05, 0.1) is 0 Å². The summed E-state index contributed by atoms with van der Waals surface area (Å²) in [4.78, 5) is 13.0. The molecule has 2 heterocycles. The first kappa shape index (κ1) is 13.0. The van der Waals surface area contributed by atoms with E-state index in [1.54, 1.807) is 11.3 Å². The fraction of sp³-hybridized carbons (Fsp3) is 0.364. The van der Waals surface area contributed by atoms with Gasteiger partial charge < -0.3 is 11.1 Å². The molecule has 0 atom stereocenters. The number of nitrogens with one attached hydrogen (secondary N) is 1. The lowest BCUT2D eigenvalue weighted by Gasteiger charge is -2.23. The van der Waals surface area contributed by atoms with Crippen LogP contribution in [0.1, 0.15) is 18.7 Å². The molecule has 0 aliphatic heterocycles. The molecule has 0 aromatic carbocycles. The molecule has 0 saturated carbocycles. The highest BCUT2D eigenvalue weighted by Gasteiger charge is 2.21. The van der Waals surface area contributed by atoms with Gasteiger partial charge in [0.15, 0.2) is 0 Å². The summed E-state index contributed by atoms with van der Waals surface area (Å²) in [7, 11) is 0. The summed E-state index contributed by atoms with van der Waals surface area (Å²) in [6, 6.07) is 4.15. The third-order valence-electron chi connectivity index (χ3n) is 2.50. The van der Waals surface area contributed by atoms with Crippen LogP contribution in [0.3, 0.4) is 0 Å². The van der Waals surface area contributed by atoms with E-state index >= 15 is 0 Å². The fourth-order valence-electron chi connectivity index (χ4n) is 1.50. The molecule has 0 bridgehead atoms. The van der Waals surface area contributed by atoms with Crippen molar-refractivity contribution in [3.63, 3.8) is 0 Å². The molecule has 2 aromatic heterocycles. The van der Waals surface area contributed by atoms with Gasteiger partial charge in [-0.3, -0.25) is 0 Å². The van der Waals surface area contributed by atoms with Gasteiger partial charge in [-0.15, -0.1) is 11.3 Å². The Hall–Kier alpha value is -1.40. The van der Waals surface area contributed by atoms with Crippen LogP contribution in [0.15, 0.2) is 17.5 Å². The van der Waals surface area contributed by atoms with Gasteiger partial charge in [0.1, 0.15) is 0 Å². The van der Waals surface area contributed by atoms with E-state index in [-0.39, 0.29) is 16.6 Å². The maximum Gasteiger partial charge on any atom is 0.228 e. The predicted octanol–water partition coefficient (Wildman–Crippen LogP) is 2.56. The van der Waals surface area contributed by atoms with Gasteiger partial charge in [0, 0.05) is 16.8 Å². The zero-order valence-corrected chi connectivity index (χ0v) is 11.7. The summed E-state index contributed by atoms with van der Waals surface area (Å²) >= 11 is 7.45. The fourth-order valence-corrected chi connectivity index (χ4v) is 2.51. The van der Waals surface area contributed by atoms with Gasteiger partial charge in [-0.1, -0.05) is 19.9 Å². The van der Waals surface area contributed by atoms with Gasteiger partial charge in [-0.25, -0.2) is 0 Å². The first-order chi connectivity index (χ1) is 8.47. The molecular weight excluding hydrogens is 270 g/mol. The third-order valence-corrected chi connectivity index (χ3v) is 3.91. The van der Waals surface area contributed by atoms with Crippen LogP contribution in [0.25, 0.3) is 0 Å². The van der Waals surface area contributed by atoms with Gasteiger partial charge in [0.25, 0.3) is 0 Å². The van der Waals surface area contributed by atoms with Crippen molar-refractivity contribution in [1.29, 1.82) is 0 Å². The maximum atomic E-state index is 5.72. The Labute approximate surface area is 114 Å². The standard InChI is InChI=1S/C11H14ClN5S/c1-11(2,7-4-3-5-18-7)6-14-10-16-8(12)15-9(13)17-10/h3-5H,6H2,1-2H3,(H3,13,14,15,16,17). The summed E-state index contributed by atoms with van der Waals surface area (Å²) in [6.45, 7) is 4.99. The zero-order valence-electron chi connectivity index (χ0n) is 10.1. The molecule has 96 valence electrons. The van der Waals surface area contributed by atoms with E-state index in [1.165, 1.54) is 4.88 Å². The molecule has 0 saturated heterocycles. The predicted molar refractivity (Wildman–Crippen MR) is 75.1 cm³/mol. The largest absolute Gasteiger partial charge is 0.368 e. The Balaban J connectivity index is 2.07. The van der Waals surface area contributed by atoms with Crippen molar-refractivity contribution in [1.82, 2.24) is 15.0 Å². The van der Waals surface area contributed by atoms with Crippen molar-refractivity contribution in [3.05, 3.63) is 27.7 Å². The van der Waals surface area contributed by atoms with Crippen LogP contribution in [-0.4, -0.2) is 21.5 Å². The molecule has 2 aromatic rings. The molecule has 0 aliphatic carbocycles. The van der Waals surface area contributed by atoms with Crippen molar-refractivity contribution in [3.8, 4) is 0 Å². The molecule has 3 N–H and O–H groups in total. The average Bonchev–Trinajstić information content (AvgIpc) is 2.79. The van der Waals surface area contributed by atoms with Crippen LogP contribution in [0, 0.1) is 0 Å². The van der Waals surface area contributed by atoms with Gasteiger partial charge >= 0.3 is 0 Å². The zero-order chi connectivity index (χ0) is 13.2. The van der Waals surface area contributed by atoms with Crippen molar-refractivity contribution in [2.24, 2.45) is 0 Å². The second-order valence-corrected chi connectivity index (χ2v) is 5.79. The molecule has 0 radical (unpaired) electrons. The van der Waals surface area contributed by atoms with E-state index < -0.39 is 0 Å². The van der Waals surface area contributed by atoms with Crippen molar-refractivity contribution in [2.45, 2.75) is 19.3 Å². The number of hydrogen-bond acceptors (Lipinski definition) is 6. The number of hydrogen-bond donors (Lipinski definition) is 2. The highest BCUT2D eigenvalue weighted by atomic mass is 35.5. The highest BCUT2D eigenvalue weighted by molar-refractivity contribution is 7.10. The lowest BCUT2D eigenvalue weighted by atomic mass is 9.91. The van der Waals surface area contributed by atoms with E-state index in [2.05, 4.69) is 45.6 Å². The highest BCUT2D eigenvalue weighted by Crippen LogP contribution is 2.27. The van der Waals surface area contributed by atoms with Crippen LogP contribution in [0.2, 0.25) is 5.28 Å². The SMILES string of the molecule is CC(C)(CNc1nc(N)nc(Cl)n1)c1cccs1. The van der Waals surface area contributed by atoms with Crippen LogP contribution in [0.4, 0.5) is 11.9 Å². The molecule has 18 heavy (non-hydrogen) atoms. The molecule has 0 fully saturated rings. The smallest absolute Gasteiger partial charge is 0.228 e. The number of nitrogen functional groups attached to an aromatic ring is 1. The van der Waals surface area contributed by atoms with Crippen LogP contribution >= 0.6 is 22.9 Å².